The van der Waals surface area contributed by atoms with Crippen molar-refractivity contribution in [3.63, 3.8) is 0 Å². The Morgan fingerprint density at radius 3 is 2.24 bits per heavy atom. The topological polar surface area (TPSA) is 154 Å². The smallest absolute Gasteiger partial charge is 0.303 e. The summed E-state index contributed by atoms with van der Waals surface area (Å²) in [7, 11) is -5.01. The summed E-state index contributed by atoms with van der Waals surface area (Å²) >= 11 is 0. The van der Waals surface area contributed by atoms with Gasteiger partial charge in [0.25, 0.3) is 5.91 Å². The molecule has 0 bridgehead atoms. The second kappa shape index (κ2) is 9.86. The Kier molecular flexibility index (Phi) is 7.08. The van der Waals surface area contributed by atoms with E-state index in [4.69, 9.17) is 0 Å². The molecular formula is C26H27N3O7S2. The summed E-state index contributed by atoms with van der Waals surface area (Å²) in [6.45, 7) is 3.40. The molecule has 0 saturated heterocycles. The number of fused-ring (bicyclic) bond motifs is 1. The van der Waals surface area contributed by atoms with Gasteiger partial charge in [-0.3, -0.25) is 9.59 Å². The van der Waals surface area contributed by atoms with E-state index in [0.29, 0.717) is 16.9 Å². The molecule has 2 heterocycles. The number of sulfonamides is 1. The Bertz CT molecular complexity index is 1700. The number of rotatable bonds is 8. The molecule has 0 unspecified atom stereocenters. The molecule has 4 rings (SSSR count). The third-order valence-electron chi connectivity index (χ3n) is 6.29. The van der Waals surface area contributed by atoms with E-state index in [9.17, 15) is 31.5 Å². The average Bonchev–Trinajstić information content (AvgIpc) is 3.33. The highest BCUT2D eigenvalue weighted by molar-refractivity contribution is 7.91. The third kappa shape index (κ3) is 4.89. The molecule has 2 aromatic carbocycles. The van der Waals surface area contributed by atoms with Gasteiger partial charge in [0, 0.05) is 43.2 Å². The van der Waals surface area contributed by atoms with E-state index >= 15 is 0 Å². The van der Waals surface area contributed by atoms with Crippen molar-refractivity contribution in [1.82, 2.24) is 9.29 Å². The zero-order valence-electron chi connectivity index (χ0n) is 21.2. The highest BCUT2D eigenvalue weighted by Crippen LogP contribution is 2.37. The number of aromatic nitrogens is 1. The molecule has 38 heavy (non-hydrogen) atoms. The van der Waals surface area contributed by atoms with Crippen LogP contribution in [0.25, 0.3) is 11.6 Å². The number of carboxylic acids is 1. The van der Waals surface area contributed by atoms with E-state index in [1.807, 2.05) is 6.92 Å². The highest BCUT2D eigenvalue weighted by Gasteiger charge is 2.31. The maximum atomic E-state index is 13.6. The fraction of sp³-hybridized carbons (Fsp3) is 0.231. The minimum atomic E-state index is -4.03. The van der Waals surface area contributed by atoms with Crippen LogP contribution in [0.15, 0.2) is 57.2 Å². The van der Waals surface area contributed by atoms with E-state index < -0.39 is 31.7 Å². The number of carbonyl (C=O) groups is 2. The summed E-state index contributed by atoms with van der Waals surface area (Å²) in [5.41, 5.74) is 2.52. The standard InChI is InChI=1S/C26H27N3O7S2/c1-15-5-7-17(8-6-15)37(33,34)25-16(2)27-23(19(25)10-12-24(30)31)14-21-20-13-18(38(35,36)29(3)4)9-11-22(20)28-26(21)32/h5-9,11,13-14,27H,10,12H2,1-4H3,(H,28,32)(H,30,31)/b21-14-. The lowest BCUT2D eigenvalue weighted by Gasteiger charge is -2.12. The van der Waals surface area contributed by atoms with Crippen LogP contribution in [0.2, 0.25) is 0 Å². The first-order valence-corrected chi connectivity index (χ1v) is 14.5. The molecule has 0 saturated carbocycles. The van der Waals surface area contributed by atoms with Crippen LogP contribution in [-0.2, 0) is 35.9 Å². The van der Waals surface area contributed by atoms with Gasteiger partial charge in [-0.25, -0.2) is 21.1 Å². The van der Waals surface area contributed by atoms with E-state index in [-0.39, 0.29) is 44.4 Å². The van der Waals surface area contributed by atoms with Gasteiger partial charge in [0.15, 0.2) is 0 Å². The molecule has 200 valence electrons. The summed E-state index contributed by atoms with van der Waals surface area (Å²) in [6.07, 6.45) is 0.992. The van der Waals surface area contributed by atoms with Gasteiger partial charge in [0.2, 0.25) is 19.9 Å². The third-order valence-corrected chi connectivity index (χ3v) is 10.1. The molecule has 0 spiro atoms. The van der Waals surface area contributed by atoms with Gasteiger partial charge < -0.3 is 15.4 Å². The zero-order valence-corrected chi connectivity index (χ0v) is 22.8. The summed E-state index contributed by atoms with van der Waals surface area (Å²) in [6, 6.07) is 10.6. The number of carboxylic acid groups (broad SMARTS) is 1. The van der Waals surface area contributed by atoms with Gasteiger partial charge in [-0.2, -0.15) is 0 Å². The van der Waals surface area contributed by atoms with Gasteiger partial charge in [-0.1, -0.05) is 17.7 Å². The van der Waals surface area contributed by atoms with Gasteiger partial charge in [0.05, 0.1) is 20.3 Å². The lowest BCUT2D eigenvalue weighted by atomic mass is 10.0. The Labute approximate surface area is 221 Å². The highest BCUT2D eigenvalue weighted by atomic mass is 32.2. The van der Waals surface area contributed by atoms with Gasteiger partial charge >= 0.3 is 5.97 Å². The SMILES string of the molecule is Cc1ccc(S(=O)(=O)c2c(C)[nH]c(/C=C3\C(=O)Nc4ccc(S(=O)(=O)N(C)C)cc43)c2CCC(=O)O)cc1. The number of aromatic amines is 1. The molecule has 1 amide bonds. The van der Waals surface area contributed by atoms with E-state index in [1.54, 1.807) is 19.1 Å². The molecule has 0 aliphatic carbocycles. The number of sulfone groups is 1. The maximum Gasteiger partial charge on any atom is 0.303 e. The fourth-order valence-electron chi connectivity index (χ4n) is 4.31. The maximum absolute atomic E-state index is 13.6. The van der Waals surface area contributed by atoms with Gasteiger partial charge in [-0.15, -0.1) is 0 Å². The predicted molar refractivity (Wildman–Crippen MR) is 142 cm³/mol. The summed E-state index contributed by atoms with van der Waals surface area (Å²) in [5.74, 6) is -1.61. The number of benzene rings is 2. The number of hydrogen-bond acceptors (Lipinski definition) is 6. The van der Waals surface area contributed by atoms with Gasteiger partial charge in [0.1, 0.15) is 0 Å². The summed E-state index contributed by atoms with van der Waals surface area (Å²) in [5, 5.41) is 12.0. The summed E-state index contributed by atoms with van der Waals surface area (Å²) < 4.78 is 53.6. The Morgan fingerprint density at radius 1 is 1.00 bits per heavy atom. The van der Waals surface area contributed by atoms with Crippen LogP contribution in [0.3, 0.4) is 0 Å². The molecule has 3 N–H and O–H groups in total. The molecule has 3 aromatic rings. The Balaban J connectivity index is 1.90. The second-order valence-electron chi connectivity index (χ2n) is 9.19. The number of nitrogens with zero attached hydrogens (tertiary/aromatic N) is 1. The van der Waals surface area contributed by atoms with Crippen molar-refractivity contribution in [2.24, 2.45) is 0 Å². The van der Waals surface area contributed by atoms with Gasteiger partial charge in [-0.05, 0) is 62.2 Å². The first-order chi connectivity index (χ1) is 17.7. The number of aliphatic carboxylic acids is 1. The van der Waals surface area contributed by atoms with Crippen molar-refractivity contribution in [2.45, 2.75) is 41.4 Å². The van der Waals surface area contributed by atoms with Crippen LogP contribution < -0.4 is 5.32 Å². The second-order valence-corrected chi connectivity index (χ2v) is 13.2. The van der Waals surface area contributed by atoms with Crippen molar-refractivity contribution in [2.75, 3.05) is 19.4 Å². The van der Waals surface area contributed by atoms with Crippen molar-refractivity contribution in [1.29, 1.82) is 0 Å². The number of H-pyrrole nitrogens is 1. The van der Waals surface area contributed by atoms with Crippen molar-refractivity contribution in [3.05, 3.63) is 70.5 Å². The number of nitrogens with one attached hydrogen (secondary N) is 2. The first kappa shape index (κ1) is 27.3. The number of aryl methyl sites for hydroxylation is 2. The molecular weight excluding hydrogens is 530 g/mol. The lowest BCUT2D eigenvalue weighted by molar-refractivity contribution is -0.137. The van der Waals surface area contributed by atoms with E-state index in [1.165, 1.54) is 50.5 Å². The van der Waals surface area contributed by atoms with Crippen LogP contribution in [0.1, 0.15) is 34.5 Å². The van der Waals surface area contributed by atoms with Crippen LogP contribution in [0, 0.1) is 13.8 Å². The Morgan fingerprint density at radius 2 is 1.63 bits per heavy atom. The molecule has 1 aliphatic heterocycles. The quantitative estimate of drug-likeness (QED) is 0.359. The minimum absolute atomic E-state index is 0.0138. The number of amides is 1. The zero-order chi connectivity index (χ0) is 28.0. The molecule has 1 aromatic heterocycles. The number of hydrogen-bond donors (Lipinski definition) is 3. The molecule has 0 radical (unpaired) electrons. The van der Waals surface area contributed by atoms with Crippen LogP contribution in [0.4, 0.5) is 5.69 Å². The molecule has 1 aliphatic rings. The molecule has 12 heteroatoms. The molecule has 0 atom stereocenters. The summed E-state index contributed by atoms with van der Waals surface area (Å²) in [4.78, 5) is 27.3. The monoisotopic (exact) mass is 557 g/mol. The van der Waals surface area contributed by atoms with Crippen molar-refractivity contribution in [3.8, 4) is 0 Å². The Hall–Kier alpha value is -3.74. The number of carbonyl (C=O) groups excluding carboxylic acids is 1. The lowest BCUT2D eigenvalue weighted by Crippen LogP contribution is -2.22. The van der Waals surface area contributed by atoms with Crippen molar-refractivity contribution >= 4 is 49.1 Å². The average molecular weight is 558 g/mol. The van der Waals surface area contributed by atoms with Crippen LogP contribution in [-0.4, -0.2) is 57.2 Å². The first-order valence-electron chi connectivity index (χ1n) is 11.6. The van der Waals surface area contributed by atoms with Crippen LogP contribution in [0.5, 0.6) is 0 Å². The predicted octanol–water partition coefficient (Wildman–Crippen LogP) is 3.22. The van der Waals surface area contributed by atoms with Crippen LogP contribution >= 0.6 is 0 Å². The fourth-order valence-corrected chi connectivity index (χ4v) is 6.96. The number of anilines is 1. The minimum Gasteiger partial charge on any atom is -0.481 e. The normalized spacial score (nSPS) is 14.7. The largest absolute Gasteiger partial charge is 0.481 e. The van der Waals surface area contributed by atoms with E-state index in [2.05, 4.69) is 10.3 Å². The molecule has 0 fully saturated rings. The van der Waals surface area contributed by atoms with E-state index in [0.717, 1.165) is 9.87 Å². The van der Waals surface area contributed by atoms with Crippen molar-refractivity contribution < 1.29 is 31.5 Å². The molecule has 10 nitrogen and oxygen atoms in total.